The van der Waals surface area contributed by atoms with E-state index in [1.54, 1.807) is 0 Å². The molecule has 1 amide bonds. The highest BCUT2D eigenvalue weighted by molar-refractivity contribution is 7.99. The van der Waals surface area contributed by atoms with Gasteiger partial charge in [0, 0.05) is 12.5 Å². The summed E-state index contributed by atoms with van der Waals surface area (Å²) in [6.45, 7) is 2.90. The number of rotatable bonds is 9. The Hall–Kier alpha value is -1.86. The van der Waals surface area contributed by atoms with Gasteiger partial charge in [-0.05, 0) is 18.4 Å². The lowest BCUT2D eigenvalue weighted by Crippen LogP contribution is -3.06. The molecule has 7 heteroatoms. The van der Waals surface area contributed by atoms with Gasteiger partial charge in [0.1, 0.15) is 6.04 Å². The van der Waals surface area contributed by atoms with Gasteiger partial charge in [-0.15, -0.1) is 10.2 Å². The number of carbonyl (C=O) groups is 1. The van der Waals surface area contributed by atoms with Crippen molar-refractivity contribution in [2.45, 2.75) is 62.8 Å². The summed E-state index contributed by atoms with van der Waals surface area (Å²) in [5.74, 6) is 1.47. The second-order valence-corrected chi connectivity index (χ2v) is 8.73. The first-order valence-corrected chi connectivity index (χ1v) is 11.3. The van der Waals surface area contributed by atoms with E-state index in [0.717, 1.165) is 36.8 Å². The second kappa shape index (κ2) is 10.1. The predicted octanol–water partition coefficient (Wildman–Crippen LogP) is 2.07. The van der Waals surface area contributed by atoms with Gasteiger partial charge in [0.2, 0.25) is 5.91 Å². The highest BCUT2D eigenvalue weighted by Crippen LogP contribution is 2.23. The van der Waals surface area contributed by atoms with Crippen LogP contribution in [0.4, 0.5) is 0 Å². The van der Waals surface area contributed by atoms with Gasteiger partial charge in [-0.25, -0.2) is 0 Å². The summed E-state index contributed by atoms with van der Waals surface area (Å²) in [5, 5.41) is 13.0. The minimum atomic E-state index is 0.0954. The molecule has 28 heavy (non-hydrogen) atoms. The summed E-state index contributed by atoms with van der Waals surface area (Å²) in [6, 6.07) is 11.0. The number of nitrogens with one attached hydrogen (secondary N) is 2. The predicted molar refractivity (Wildman–Crippen MR) is 113 cm³/mol. The number of benzene rings is 1. The molecule has 152 valence electrons. The van der Waals surface area contributed by atoms with Crippen molar-refractivity contribution in [2.24, 2.45) is 0 Å². The molecule has 0 aliphatic heterocycles. The van der Waals surface area contributed by atoms with E-state index < -0.39 is 0 Å². The summed E-state index contributed by atoms with van der Waals surface area (Å²) in [6.07, 6.45) is 5.64. The van der Waals surface area contributed by atoms with Gasteiger partial charge in [0.05, 0.1) is 26.4 Å². The average molecular weight is 403 g/mol. The molecular weight excluding hydrogens is 370 g/mol. The van der Waals surface area contributed by atoms with Crippen molar-refractivity contribution in [1.82, 2.24) is 20.1 Å². The van der Waals surface area contributed by atoms with Crippen LogP contribution in [-0.2, 0) is 11.3 Å². The van der Waals surface area contributed by atoms with Crippen LogP contribution in [0.3, 0.4) is 0 Å². The van der Waals surface area contributed by atoms with E-state index >= 15 is 0 Å². The van der Waals surface area contributed by atoms with E-state index in [2.05, 4.69) is 65.4 Å². The Kier molecular flexibility index (Phi) is 7.50. The van der Waals surface area contributed by atoms with E-state index in [0.29, 0.717) is 11.8 Å². The Labute approximate surface area is 172 Å². The molecule has 3 rings (SSSR count). The second-order valence-electron chi connectivity index (χ2n) is 7.79. The van der Waals surface area contributed by atoms with Crippen molar-refractivity contribution < 1.29 is 9.69 Å². The topological polar surface area (TPSA) is 64.2 Å². The van der Waals surface area contributed by atoms with Gasteiger partial charge < -0.3 is 10.2 Å². The Morgan fingerprint density at radius 1 is 1.25 bits per heavy atom. The van der Waals surface area contributed by atoms with Crippen LogP contribution in [0.25, 0.3) is 0 Å². The summed E-state index contributed by atoms with van der Waals surface area (Å²) < 4.78 is 2.18. The highest BCUT2D eigenvalue weighted by atomic mass is 32.2. The van der Waals surface area contributed by atoms with Gasteiger partial charge in [0.25, 0.3) is 0 Å². The van der Waals surface area contributed by atoms with Crippen LogP contribution >= 0.6 is 11.8 Å². The maximum Gasteiger partial charge on any atom is 0.230 e. The summed E-state index contributed by atoms with van der Waals surface area (Å²) in [4.78, 5) is 13.7. The molecule has 6 nitrogen and oxygen atoms in total. The van der Waals surface area contributed by atoms with Crippen LogP contribution in [0.2, 0.25) is 0 Å². The highest BCUT2D eigenvalue weighted by Gasteiger charge is 2.25. The molecule has 1 saturated carbocycles. The summed E-state index contributed by atoms with van der Waals surface area (Å²) in [7, 11) is 4.30. The van der Waals surface area contributed by atoms with Crippen molar-refractivity contribution in [2.75, 3.05) is 19.8 Å². The average Bonchev–Trinajstić information content (AvgIpc) is 3.32. The number of amides is 1. The van der Waals surface area contributed by atoms with Gasteiger partial charge in [-0.3, -0.25) is 9.36 Å². The van der Waals surface area contributed by atoms with Gasteiger partial charge in [-0.2, -0.15) is 0 Å². The third-order valence-corrected chi connectivity index (χ3v) is 6.37. The first kappa shape index (κ1) is 20.9. The number of carbonyl (C=O) groups excluding carboxylic acids is 1. The van der Waals surface area contributed by atoms with Crippen LogP contribution < -0.4 is 10.2 Å². The lowest BCUT2D eigenvalue weighted by Gasteiger charge is -2.20. The van der Waals surface area contributed by atoms with Crippen LogP contribution in [-0.4, -0.2) is 46.6 Å². The molecule has 0 unspecified atom stereocenters. The fourth-order valence-electron chi connectivity index (χ4n) is 3.90. The van der Waals surface area contributed by atoms with Crippen molar-refractivity contribution in [1.29, 1.82) is 0 Å². The maximum absolute atomic E-state index is 12.4. The van der Waals surface area contributed by atoms with Crippen molar-refractivity contribution >= 4 is 17.7 Å². The van der Waals surface area contributed by atoms with Gasteiger partial charge >= 0.3 is 0 Å². The zero-order chi connectivity index (χ0) is 19.9. The fourth-order valence-corrected chi connectivity index (χ4v) is 4.65. The Balaban J connectivity index is 1.75. The fraction of sp³-hybridized carbons (Fsp3) is 0.571. The molecule has 1 aliphatic carbocycles. The molecule has 1 heterocycles. The van der Waals surface area contributed by atoms with Crippen LogP contribution in [0, 0.1) is 0 Å². The van der Waals surface area contributed by atoms with Gasteiger partial charge in [-0.1, -0.05) is 61.9 Å². The quantitative estimate of drug-likeness (QED) is 0.631. The molecule has 0 saturated heterocycles. The van der Waals surface area contributed by atoms with Crippen molar-refractivity contribution in [3.63, 3.8) is 0 Å². The minimum Gasteiger partial charge on any atom is -0.353 e. The molecule has 0 spiro atoms. The Morgan fingerprint density at radius 3 is 2.61 bits per heavy atom. The molecule has 1 fully saturated rings. The molecule has 1 aromatic heterocycles. The molecular formula is C21H32N5OS+. The molecule has 1 aromatic carbocycles. The first-order chi connectivity index (χ1) is 13.6. The molecule has 2 N–H and O–H groups in total. The van der Waals surface area contributed by atoms with E-state index in [9.17, 15) is 4.79 Å². The standard InChI is InChI=1S/C21H31N5OS/c1-4-18(25(2)3)20-23-24-21(26(20)14-16-10-6-5-7-11-16)28-15-19(27)22-17-12-8-9-13-17/h5-7,10-11,17-18H,4,8-9,12-15H2,1-3H3,(H,22,27)/p+1/t18-/m0/s1. The minimum absolute atomic E-state index is 0.0954. The number of quaternary nitrogens is 1. The Morgan fingerprint density at radius 2 is 1.96 bits per heavy atom. The number of nitrogens with zero attached hydrogens (tertiary/aromatic N) is 3. The third kappa shape index (κ3) is 5.35. The Bertz CT molecular complexity index is 755. The van der Waals surface area contributed by atoms with Gasteiger partial charge in [0.15, 0.2) is 11.0 Å². The van der Waals surface area contributed by atoms with Crippen LogP contribution in [0.5, 0.6) is 0 Å². The largest absolute Gasteiger partial charge is 0.353 e. The van der Waals surface area contributed by atoms with E-state index in [1.165, 1.54) is 35.1 Å². The molecule has 1 aliphatic rings. The first-order valence-electron chi connectivity index (χ1n) is 10.3. The molecule has 1 atom stereocenters. The summed E-state index contributed by atoms with van der Waals surface area (Å²) >= 11 is 1.49. The molecule has 0 radical (unpaired) electrons. The third-order valence-electron chi connectivity index (χ3n) is 5.40. The van der Waals surface area contributed by atoms with E-state index in [-0.39, 0.29) is 11.9 Å². The maximum atomic E-state index is 12.4. The lowest BCUT2D eigenvalue weighted by atomic mass is 10.2. The monoisotopic (exact) mass is 402 g/mol. The zero-order valence-corrected chi connectivity index (χ0v) is 18.0. The van der Waals surface area contributed by atoms with Crippen LogP contribution in [0.15, 0.2) is 35.5 Å². The normalized spacial score (nSPS) is 15.9. The summed E-state index contributed by atoms with van der Waals surface area (Å²) in [5.41, 5.74) is 1.21. The SMILES string of the molecule is CC[C@@H](c1nnc(SCC(=O)NC2CCCC2)n1Cc1ccccc1)[NH+](C)C. The lowest BCUT2D eigenvalue weighted by molar-refractivity contribution is -0.893. The number of thioether (sulfide) groups is 1. The van der Waals surface area contributed by atoms with Crippen LogP contribution in [0.1, 0.15) is 56.5 Å². The van der Waals surface area contributed by atoms with Crippen molar-refractivity contribution in [3.05, 3.63) is 41.7 Å². The van der Waals surface area contributed by atoms with Crippen molar-refractivity contribution in [3.8, 4) is 0 Å². The molecule has 0 bridgehead atoms. The molecule has 2 aromatic rings. The zero-order valence-electron chi connectivity index (χ0n) is 17.1. The number of aromatic nitrogens is 3. The van der Waals surface area contributed by atoms with E-state index in [4.69, 9.17) is 0 Å². The number of hydrogen-bond donors (Lipinski definition) is 2. The van der Waals surface area contributed by atoms with E-state index in [1.807, 2.05) is 6.07 Å². The number of hydrogen-bond acceptors (Lipinski definition) is 4. The smallest absolute Gasteiger partial charge is 0.230 e.